The monoisotopic (exact) mass is 352 g/mol. The molecule has 3 aromatic rings. The highest BCUT2D eigenvalue weighted by molar-refractivity contribution is 7.21. The number of aromatic hydroxyl groups is 1. The molecule has 0 radical (unpaired) electrons. The van der Waals surface area contributed by atoms with E-state index in [0.717, 1.165) is 52.2 Å². The van der Waals surface area contributed by atoms with Crippen LogP contribution in [0.2, 0.25) is 0 Å². The van der Waals surface area contributed by atoms with E-state index >= 15 is 0 Å². The average molecular weight is 352 g/mol. The van der Waals surface area contributed by atoms with E-state index in [1.54, 1.807) is 23.5 Å². The van der Waals surface area contributed by atoms with E-state index in [4.69, 9.17) is 0 Å². The topological polar surface area (TPSA) is 62.2 Å². The third kappa shape index (κ3) is 3.51. The molecule has 5 heteroatoms. The number of nitrogens with zero attached hydrogens (tertiary/aromatic N) is 1. The number of hydrogen-bond donors (Lipinski definition) is 2. The van der Waals surface area contributed by atoms with Gasteiger partial charge in [0.2, 0.25) is 5.91 Å². The molecule has 1 heterocycles. The van der Waals surface area contributed by atoms with Crippen molar-refractivity contribution in [1.29, 1.82) is 0 Å². The van der Waals surface area contributed by atoms with Crippen LogP contribution in [0.5, 0.6) is 5.75 Å². The van der Waals surface area contributed by atoms with E-state index in [1.165, 1.54) is 6.42 Å². The molecule has 1 aliphatic carbocycles. The van der Waals surface area contributed by atoms with Crippen LogP contribution in [0.1, 0.15) is 32.1 Å². The molecule has 1 amide bonds. The van der Waals surface area contributed by atoms with Crippen LogP contribution in [0.3, 0.4) is 0 Å². The molecule has 1 fully saturated rings. The number of carbonyl (C=O) groups excluding carboxylic acids is 1. The molecule has 0 saturated heterocycles. The quantitative estimate of drug-likeness (QED) is 0.682. The first-order valence-corrected chi connectivity index (χ1v) is 9.51. The van der Waals surface area contributed by atoms with E-state index in [-0.39, 0.29) is 17.6 Å². The maximum absolute atomic E-state index is 12.4. The van der Waals surface area contributed by atoms with Crippen molar-refractivity contribution < 1.29 is 9.90 Å². The number of aromatic nitrogens is 1. The number of phenolic OH excluding ortho intramolecular Hbond substituents is 1. The highest BCUT2D eigenvalue weighted by atomic mass is 32.1. The zero-order chi connectivity index (χ0) is 17.2. The Morgan fingerprint density at radius 2 is 1.84 bits per heavy atom. The number of phenols is 1. The molecule has 1 saturated carbocycles. The van der Waals surface area contributed by atoms with Crippen molar-refractivity contribution in [1.82, 2.24) is 4.98 Å². The van der Waals surface area contributed by atoms with Crippen LogP contribution < -0.4 is 5.32 Å². The lowest BCUT2D eigenvalue weighted by atomic mass is 9.88. The molecule has 2 N–H and O–H groups in total. The van der Waals surface area contributed by atoms with Gasteiger partial charge in [0.1, 0.15) is 10.8 Å². The van der Waals surface area contributed by atoms with Gasteiger partial charge in [-0.1, -0.05) is 19.3 Å². The molecule has 0 atom stereocenters. The SMILES string of the molecule is O=C(Nc1ccc2nc(-c3ccc(O)cc3)sc2c1)C1CCCCC1. The third-order valence-electron chi connectivity index (χ3n) is 4.75. The van der Waals surface area contributed by atoms with Crippen LogP contribution in [0.25, 0.3) is 20.8 Å². The summed E-state index contributed by atoms with van der Waals surface area (Å²) >= 11 is 1.59. The van der Waals surface area contributed by atoms with Crippen LogP contribution in [0, 0.1) is 5.92 Å². The summed E-state index contributed by atoms with van der Waals surface area (Å²) in [6, 6.07) is 12.9. The first kappa shape index (κ1) is 16.1. The fourth-order valence-corrected chi connectivity index (χ4v) is 4.35. The molecule has 0 aliphatic heterocycles. The van der Waals surface area contributed by atoms with Gasteiger partial charge in [0.25, 0.3) is 0 Å². The Bertz CT molecular complexity index is 896. The molecule has 1 aromatic heterocycles. The van der Waals surface area contributed by atoms with Crippen molar-refractivity contribution in [2.75, 3.05) is 5.32 Å². The van der Waals surface area contributed by atoms with E-state index in [2.05, 4.69) is 10.3 Å². The average Bonchev–Trinajstić information content (AvgIpc) is 3.06. The largest absolute Gasteiger partial charge is 0.508 e. The molecule has 1 aliphatic rings. The highest BCUT2D eigenvalue weighted by Gasteiger charge is 2.21. The number of carbonyl (C=O) groups is 1. The number of fused-ring (bicyclic) bond motifs is 1. The van der Waals surface area contributed by atoms with Gasteiger partial charge < -0.3 is 10.4 Å². The summed E-state index contributed by atoms with van der Waals surface area (Å²) in [5.41, 5.74) is 2.74. The predicted octanol–water partition coefficient (Wildman–Crippen LogP) is 5.19. The number of anilines is 1. The van der Waals surface area contributed by atoms with Crippen LogP contribution >= 0.6 is 11.3 Å². The van der Waals surface area contributed by atoms with Crippen molar-refractivity contribution in [2.45, 2.75) is 32.1 Å². The summed E-state index contributed by atoms with van der Waals surface area (Å²) in [5, 5.41) is 13.4. The van der Waals surface area contributed by atoms with Gasteiger partial charge in [0.15, 0.2) is 0 Å². The second-order valence-corrected chi connectivity index (χ2v) is 7.60. The van der Waals surface area contributed by atoms with Crippen LogP contribution in [-0.4, -0.2) is 16.0 Å². The molecule has 25 heavy (non-hydrogen) atoms. The minimum absolute atomic E-state index is 0.141. The molecule has 4 rings (SSSR count). The molecule has 4 nitrogen and oxygen atoms in total. The van der Waals surface area contributed by atoms with Gasteiger partial charge in [0, 0.05) is 17.2 Å². The second-order valence-electron chi connectivity index (χ2n) is 6.57. The normalized spacial score (nSPS) is 15.4. The maximum atomic E-state index is 12.4. The Kier molecular flexibility index (Phi) is 4.40. The molecular weight excluding hydrogens is 332 g/mol. The van der Waals surface area contributed by atoms with Gasteiger partial charge in [-0.2, -0.15) is 0 Å². The van der Waals surface area contributed by atoms with Gasteiger partial charge in [-0.3, -0.25) is 4.79 Å². The van der Waals surface area contributed by atoms with E-state index in [1.807, 2.05) is 30.3 Å². The zero-order valence-electron chi connectivity index (χ0n) is 13.9. The lowest BCUT2D eigenvalue weighted by molar-refractivity contribution is -0.120. The standard InChI is InChI=1S/C20H20N2O2S/c23-16-9-6-14(7-10-16)20-22-17-11-8-15(12-18(17)25-20)21-19(24)13-4-2-1-3-5-13/h6-13,23H,1-5H2,(H,21,24). The van der Waals surface area contributed by atoms with Crippen molar-refractivity contribution in [3.63, 3.8) is 0 Å². The molecule has 0 unspecified atom stereocenters. The zero-order valence-corrected chi connectivity index (χ0v) is 14.7. The van der Waals surface area contributed by atoms with Crippen molar-refractivity contribution in [3.8, 4) is 16.3 Å². The van der Waals surface area contributed by atoms with Crippen molar-refractivity contribution in [2.24, 2.45) is 5.92 Å². The Hall–Kier alpha value is -2.40. The lowest BCUT2D eigenvalue weighted by Crippen LogP contribution is -2.24. The van der Waals surface area contributed by atoms with Gasteiger partial charge >= 0.3 is 0 Å². The summed E-state index contributed by atoms with van der Waals surface area (Å²) in [7, 11) is 0. The predicted molar refractivity (Wildman–Crippen MR) is 102 cm³/mol. The van der Waals surface area contributed by atoms with Gasteiger partial charge in [0.05, 0.1) is 10.2 Å². The molecule has 128 valence electrons. The van der Waals surface area contributed by atoms with Gasteiger partial charge in [-0.05, 0) is 55.3 Å². The van der Waals surface area contributed by atoms with Crippen molar-refractivity contribution in [3.05, 3.63) is 42.5 Å². The fourth-order valence-electron chi connectivity index (χ4n) is 3.34. The Balaban J connectivity index is 1.55. The second kappa shape index (κ2) is 6.84. The summed E-state index contributed by atoms with van der Waals surface area (Å²) in [6.45, 7) is 0. The Morgan fingerprint density at radius 3 is 2.60 bits per heavy atom. The smallest absolute Gasteiger partial charge is 0.227 e. The minimum Gasteiger partial charge on any atom is -0.508 e. The first-order chi connectivity index (χ1) is 12.2. The number of rotatable bonds is 3. The Morgan fingerprint density at radius 1 is 1.08 bits per heavy atom. The number of thiazole rings is 1. The van der Waals surface area contributed by atoms with E-state index in [9.17, 15) is 9.90 Å². The lowest BCUT2D eigenvalue weighted by Gasteiger charge is -2.20. The molecule has 2 aromatic carbocycles. The molecular formula is C20H20N2O2S. The summed E-state index contributed by atoms with van der Waals surface area (Å²) in [6.07, 6.45) is 5.56. The summed E-state index contributed by atoms with van der Waals surface area (Å²) in [4.78, 5) is 17.1. The molecule has 0 spiro atoms. The van der Waals surface area contributed by atoms with Crippen molar-refractivity contribution >= 4 is 33.1 Å². The van der Waals surface area contributed by atoms with Gasteiger partial charge in [-0.25, -0.2) is 4.98 Å². The minimum atomic E-state index is 0.141. The maximum Gasteiger partial charge on any atom is 0.227 e. The number of benzene rings is 2. The van der Waals surface area contributed by atoms with Crippen LogP contribution in [-0.2, 0) is 4.79 Å². The highest BCUT2D eigenvalue weighted by Crippen LogP contribution is 2.33. The molecule has 0 bridgehead atoms. The summed E-state index contributed by atoms with van der Waals surface area (Å²) in [5.74, 6) is 0.540. The number of nitrogens with one attached hydrogen (secondary N) is 1. The van der Waals surface area contributed by atoms with E-state index in [0.29, 0.717) is 0 Å². The number of hydrogen-bond acceptors (Lipinski definition) is 4. The van der Waals surface area contributed by atoms with Crippen LogP contribution in [0.4, 0.5) is 5.69 Å². The third-order valence-corrected chi connectivity index (χ3v) is 5.81. The first-order valence-electron chi connectivity index (χ1n) is 8.70. The fraction of sp³-hybridized carbons (Fsp3) is 0.300. The van der Waals surface area contributed by atoms with E-state index < -0.39 is 0 Å². The summed E-state index contributed by atoms with van der Waals surface area (Å²) < 4.78 is 1.05. The number of amides is 1. The van der Waals surface area contributed by atoms with Crippen LogP contribution in [0.15, 0.2) is 42.5 Å². The Labute approximate surface area is 150 Å². The van der Waals surface area contributed by atoms with Gasteiger partial charge in [-0.15, -0.1) is 11.3 Å².